The summed E-state index contributed by atoms with van der Waals surface area (Å²) in [5.74, 6) is -5.36. The fraction of sp³-hybridized carbons (Fsp3) is 0.333. The molecule has 1 aromatic rings. The average Bonchev–Trinajstić information content (AvgIpc) is 2.25. The Bertz CT molecular complexity index is 387. The summed E-state index contributed by atoms with van der Waals surface area (Å²) in [6, 6.07) is 2.21. The van der Waals surface area contributed by atoms with E-state index in [1.165, 1.54) is 6.07 Å². The lowest BCUT2D eigenvalue weighted by atomic mass is 10.3. The normalized spacial score (nSPS) is 12.3. The maximum atomic E-state index is 12.4. The van der Waals surface area contributed by atoms with E-state index in [0.29, 0.717) is 6.29 Å². The Morgan fingerprint density at radius 3 is 2.29 bits per heavy atom. The van der Waals surface area contributed by atoms with Gasteiger partial charge < -0.3 is 4.74 Å². The molecule has 3 nitrogen and oxygen atoms in total. The van der Waals surface area contributed by atoms with Crippen LogP contribution < -0.4 is 4.74 Å². The first kappa shape index (κ1) is 13.3. The van der Waals surface area contributed by atoms with Crippen molar-refractivity contribution in [2.45, 2.75) is 12.1 Å². The molecule has 8 heteroatoms. The third-order valence-electron chi connectivity index (χ3n) is 1.71. The van der Waals surface area contributed by atoms with Crippen molar-refractivity contribution in [2.24, 2.45) is 0 Å². The first-order chi connectivity index (χ1) is 7.76. The van der Waals surface area contributed by atoms with E-state index in [4.69, 9.17) is 0 Å². The number of carbonyl (C=O) groups excluding carboxylic acids is 1. The molecule has 0 unspecified atom stereocenters. The Morgan fingerprint density at radius 2 is 1.88 bits per heavy atom. The van der Waals surface area contributed by atoms with Gasteiger partial charge in [0.1, 0.15) is 0 Å². The maximum absolute atomic E-state index is 12.4. The van der Waals surface area contributed by atoms with Crippen molar-refractivity contribution in [2.75, 3.05) is 6.61 Å². The molecular weight excluding hydrogens is 249 g/mol. The first-order valence-corrected chi connectivity index (χ1v) is 4.25. The summed E-state index contributed by atoms with van der Waals surface area (Å²) in [7, 11) is 0. The van der Waals surface area contributed by atoms with Crippen LogP contribution in [-0.4, -0.2) is 30.0 Å². The van der Waals surface area contributed by atoms with Crippen LogP contribution >= 0.6 is 0 Å². The van der Waals surface area contributed by atoms with Crippen LogP contribution in [0.3, 0.4) is 0 Å². The lowest BCUT2D eigenvalue weighted by molar-refractivity contribution is -0.290. The summed E-state index contributed by atoms with van der Waals surface area (Å²) in [5, 5.41) is 0. The van der Waals surface area contributed by atoms with Crippen molar-refractivity contribution >= 4 is 6.29 Å². The van der Waals surface area contributed by atoms with Crippen LogP contribution in [0.5, 0.6) is 5.88 Å². The van der Waals surface area contributed by atoms with E-state index in [1.807, 2.05) is 0 Å². The van der Waals surface area contributed by atoms with Crippen LogP contribution in [0, 0.1) is 0 Å². The molecule has 0 N–H and O–H groups in total. The monoisotopic (exact) mass is 255 g/mol. The van der Waals surface area contributed by atoms with Crippen molar-refractivity contribution in [3.8, 4) is 5.88 Å². The fourth-order valence-corrected chi connectivity index (χ4v) is 0.793. The molecule has 0 amide bonds. The zero-order valence-corrected chi connectivity index (χ0v) is 8.17. The summed E-state index contributed by atoms with van der Waals surface area (Å²) in [5.41, 5.74) is 0.153. The molecule has 0 saturated carbocycles. The number of aldehydes is 1. The van der Waals surface area contributed by atoms with Gasteiger partial charge in [-0.3, -0.25) is 4.79 Å². The standard InChI is InChI=1S/C9H6F5NO2/c10-8(11,9(12,13)14)5-17-7-2-1-6(4-16)3-15-7/h1-4H,5H2. The summed E-state index contributed by atoms with van der Waals surface area (Å²) in [6.07, 6.45) is -4.23. The van der Waals surface area contributed by atoms with E-state index in [9.17, 15) is 26.7 Å². The average molecular weight is 255 g/mol. The van der Waals surface area contributed by atoms with Gasteiger partial charge in [-0.2, -0.15) is 22.0 Å². The van der Waals surface area contributed by atoms with E-state index in [0.717, 1.165) is 12.3 Å². The van der Waals surface area contributed by atoms with Gasteiger partial charge >= 0.3 is 12.1 Å². The van der Waals surface area contributed by atoms with E-state index in [1.54, 1.807) is 0 Å². The number of aromatic nitrogens is 1. The van der Waals surface area contributed by atoms with Crippen LogP contribution in [0.1, 0.15) is 10.4 Å². The second kappa shape index (κ2) is 4.64. The minimum Gasteiger partial charge on any atom is -0.471 e. The number of halogens is 5. The summed E-state index contributed by atoms with van der Waals surface area (Å²) < 4.78 is 64.3. The lowest BCUT2D eigenvalue weighted by Gasteiger charge is -2.19. The molecule has 94 valence electrons. The highest BCUT2D eigenvalue weighted by atomic mass is 19.4. The van der Waals surface area contributed by atoms with Crippen LogP contribution in [0.2, 0.25) is 0 Å². The zero-order valence-electron chi connectivity index (χ0n) is 8.17. The van der Waals surface area contributed by atoms with Gasteiger partial charge in [-0.25, -0.2) is 4.98 Å². The van der Waals surface area contributed by atoms with Crippen molar-refractivity contribution in [1.82, 2.24) is 4.98 Å². The van der Waals surface area contributed by atoms with Gasteiger partial charge in [-0.1, -0.05) is 0 Å². The number of alkyl halides is 5. The molecule has 0 atom stereocenters. The highest BCUT2D eigenvalue weighted by Crippen LogP contribution is 2.35. The molecule has 0 bridgehead atoms. The predicted molar refractivity (Wildman–Crippen MR) is 46.1 cm³/mol. The molecule has 0 aliphatic rings. The number of nitrogens with zero attached hydrogens (tertiary/aromatic N) is 1. The highest BCUT2D eigenvalue weighted by Gasteiger charge is 2.58. The van der Waals surface area contributed by atoms with E-state index in [-0.39, 0.29) is 5.56 Å². The quantitative estimate of drug-likeness (QED) is 0.612. The number of hydrogen-bond acceptors (Lipinski definition) is 3. The van der Waals surface area contributed by atoms with Crippen LogP contribution in [0.4, 0.5) is 22.0 Å². The molecule has 0 radical (unpaired) electrons. The third-order valence-corrected chi connectivity index (χ3v) is 1.71. The first-order valence-electron chi connectivity index (χ1n) is 4.25. The maximum Gasteiger partial charge on any atom is 0.456 e. The molecule has 0 aliphatic heterocycles. The van der Waals surface area contributed by atoms with Gasteiger partial charge in [0.25, 0.3) is 0 Å². The second-order valence-corrected chi connectivity index (χ2v) is 3.04. The molecule has 0 spiro atoms. The van der Waals surface area contributed by atoms with Crippen molar-refractivity contribution < 1.29 is 31.5 Å². The van der Waals surface area contributed by atoms with E-state index < -0.39 is 24.6 Å². The largest absolute Gasteiger partial charge is 0.471 e. The summed E-state index contributed by atoms with van der Waals surface area (Å²) in [4.78, 5) is 13.6. The molecule has 1 aromatic heterocycles. The SMILES string of the molecule is O=Cc1ccc(OCC(F)(F)C(F)(F)F)nc1. The Labute approximate surface area is 92.2 Å². The zero-order chi connectivity index (χ0) is 13.1. The Morgan fingerprint density at radius 1 is 1.24 bits per heavy atom. The van der Waals surface area contributed by atoms with Crippen molar-refractivity contribution in [1.29, 1.82) is 0 Å². The number of ether oxygens (including phenoxy) is 1. The Balaban J connectivity index is 2.64. The van der Waals surface area contributed by atoms with Crippen LogP contribution in [0.25, 0.3) is 0 Å². The topological polar surface area (TPSA) is 39.2 Å². The molecule has 0 aromatic carbocycles. The van der Waals surface area contributed by atoms with E-state index >= 15 is 0 Å². The fourth-order valence-electron chi connectivity index (χ4n) is 0.793. The highest BCUT2D eigenvalue weighted by molar-refractivity contribution is 5.73. The van der Waals surface area contributed by atoms with Crippen LogP contribution in [0.15, 0.2) is 18.3 Å². The lowest BCUT2D eigenvalue weighted by Crippen LogP contribution is -2.41. The molecule has 1 rings (SSSR count). The van der Waals surface area contributed by atoms with Gasteiger partial charge in [-0.15, -0.1) is 0 Å². The van der Waals surface area contributed by atoms with Crippen molar-refractivity contribution in [3.05, 3.63) is 23.9 Å². The minimum atomic E-state index is -5.67. The number of hydrogen-bond donors (Lipinski definition) is 0. The third kappa shape index (κ3) is 3.36. The molecule has 0 fully saturated rings. The molecular formula is C9H6F5NO2. The Hall–Kier alpha value is -1.73. The number of carbonyl (C=O) groups is 1. The van der Waals surface area contributed by atoms with Gasteiger partial charge in [0.15, 0.2) is 12.9 Å². The number of rotatable bonds is 4. The molecule has 0 saturated heterocycles. The van der Waals surface area contributed by atoms with Gasteiger partial charge in [-0.05, 0) is 6.07 Å². The molecule has 1 heterocycles. The summed E-state index contributed by atoms with van der Waals surface area (Å²) >= 11 is 0. The number of pyridine rings is 1. The smallest absolute Gasteiger partial charge is 0.456 e. The predicted octanol–water partition coefficient (Wildman–Crippen LogP) is 2.47. The summed E-state index contributed by atoms with van der Waals surface area (Å²) in [6.45, 7) is -1.86. The molecule has 17 heavy (non-hydrogen) atoms. The van der Waals surface area contributed by atoms with Gasteiger partial charge in [0.2, 0.25) is 5.88 Å². The molecule has 0 aliphatic carbocycles. The Kier molecular flexibility index (Phi) is 3.64. The van der Waals surface area contributed by atoms with Gasteiger partial charge in [0.05, 0.1) is 0 Å². The van der Waals surface area contributed by atoms with Gasteiger partial charge in [0, 0.05) is 17.8 Å². The second-order valence-electron chi connectivity index (χ2n) is 3.04. The van der Waals surface area contributed by atoms with E-state index in [2.05, 4.69) is 9.72 Å². The van der Waals surface area contributed by atoms with Crippen molar-refractivity contribution in [3.63, 3.8) is 0 Å². The van der Waals surface area contributed by atoms with Crippen LogP contribution in [-0.2, 0) is 0 Å². The minimum absolute atomic E-state index is 0.153.